The molecule has 0 bridgehead atoms. The Morgan fingerprint density at radius 1 is 1.40 bits per heavy atom. The maximum absolute atomic E-state index is 12.7. The molecule has 1 N–H and O–H groups in total. The summed E-state index contributed by atoms with van der Waals surface area (Å²) < 4.78 is 39.2. The summed E-state index contributed by atoms with van der Waals surface area (Å²) in [6.07, 6.45) is -0.515. The number of piperidine rings is 1. The molecule has 1 amide bonds. The van der Waals surface area contributed by atoms with Gasteiger partial charge in [0.2, 0.25) is 5.91 Å². The highest BCUT2D eigenvalue weighted by Gasteiger charge is 2.36. The maximum atomic E-state index is 12.7. The third kappa shape index (κ3) is 4.19. The number of alkyl halides is 3. The van der Waals surface area contributed by atoms with Gasteiger partial charge in [-0.1, -0.05) is 5.21 Å². The number of aromatic nitrogens is 3. The van der Waals surface area contributed by atoms with E-state index in [1.54, 1.807) is 0 Å². The van der Waals surface area contributed by atoms with E-state index in [0.717, 1.165) is 4.90 Å². The van der Waals surface area contributed by atoms with Crippen molar-refractivity contribution < 1.29 is 18.0 Å². The van der Waals surface area contributed by atoms with E-state index in [4.69, 9.17) is 0 Å². The molecule has 112 valence electrons. The van der Waals surface area contributed by atoms with Crippen molar-refractivity contribution in [1.29, 1.82) is 0 Å². The lowest BCUT2D eigenvalue weighted by molar-refractivity contribution is -0.167. The Labute approximate surface area is 113 Å². The molecule has 20 heavy (non-hydrogen) atoms. The molecule has 1 aromatic rings. The largest absolute Gasteiger partial charge is 0.406 e. The second-order valence-electron chi connectivity index (χ2n) is 4.72. The van der Waals surface area contributed by atoms with Crippen molar-refractivity contribution >= 4 is 5.91 Å². The molecular formula is C11H16F3N5O. The summed E-state index contributed by atoms with van der Waals surface area (Å²) in [5, 5.41) is 10.2. The van der Waals surface area contributed by atoms with E-state index >= 15 is 0 Å². The van der Waals surface area contributed by atoms with Gasteiger partial charge >= 0.3 is 6.18 Å². The van der Waals surface area contributed by atoms with Crippen LogP contribution in [0.4, 0.5) is 13.2 Å². The summed E-state index contributed by atoms with van der Waals surface area (Å²) in [5.74, 6) is -0.584. The van der Waals surface area contributed by atoms with Crippen LogP contribution < -0.4 is 5.32 Å². The lowest BCUT2D eigenvalue weighted by Gasteiger charge is -2.35. The van der Waals surface area contributed by atoms with Crippen LogP contribution >= 0.6 is 0 Å². The average Bonchev–Trinajstić information content (AvgIpc) is 2.89. The standard InChI is InChI=1S/C11H16F3N5O/c12-11(13,14)8-19(9-1-3-15-4-2-9)10(20)7-18-6-5-16-17-18/h5-6,9,15H,1-4,7-8H2. The normalized spacial score (nSPS) is 17.1. The lowest BCUT2D eigenvalue weighted by Crippen LogP contribution is -2.50. The first-order chi connectivity index (χ1) is 9.46. The molecular weight excluding hydrogens is 275 g/mol. The number of amides is 1. The Morgan fingerprint density at radius 2 is 2.10 bits per heavy atom. The van der Waals surface area contributed by atoms with Crippen molar-refractivity contribution in [3.05, 3.63) is 12.4 Å². The zero-order valence-corrected chi connectivity index (χ0v) is 10.8. The van der Waals surface area contributed by atoms with Gasteiger partial charge in [0.15, 0.2) is 0 Å². The van der Waals surface area contributed by atoms with Crippen molar-refractivity contribution in [2.75, 3.05) is 19.6 Å². The first-order valence-electron chi connectivity index (χ1n) is 6.37. The Bertz CT molecular complexity index is 428. The maximum Gasteiger partial charge on any atom is 0.406 e. The highest BCUT2D eigenvalue weighted by atomic mass is 19.4. The zero-order valence-electron chi connectivity index (χ0n) is 10.8. The van der Waals surface area contributed by atoms with E-state index < -0.39 is 18.6 Å². The molecule has 2 heterocycles. The number of rotatable bonds is 4. The molecule has 0 radical (unpaired) electrons. The first kappa shape index (κ1) is 14.8. The molecule has 1 fully saturated rings. The first-order valence-corrected chi connectivity index (χ1v) is 6.37. The molecule has 0 aromatic carbocycles. The van der Waals surface area contributed by atoms with E-state index in [1.165, 1.54) is 17.1 Å². The average molecular weight is 291 g/mol. The number of carbonyl (C=O) groups is 1. The molecule has 2 rings (SSSR count). The minimum Gasteiger partial charge on any atom is -0.329 e. The van der Waals surface area contributed by atoms with Gasteiger partial charge in [0.05, 0.1) is 6.20 Å². The van der Waals surface area contributed by atoms with Gasteiger partial charge in [-0.2, -0.15) is 13.2 Å². The van der Waals surface area contributed by atoms with E-state index in [9.17, 15) is 18.0 Å². The third-order valence-corrected chi connectivity index (χ3v) is 3.19. The Kier molecular flexibility index (Phi) is 4.58. The molecule has 9 heteroatoms. The van der Waals surface area contributed by atoms with Crippen LogP contribution in [0.25, 0.3) is 0 Å². The van der Waals surface area contributed by atoms with Gasteiger partial charge in [-0.25, -0.2) is 4.68 Å². The number of carbonyl (C=O) groups excluding carboxylic acids is 1. The fraction of sp³-hybridized carbons (Fsp3) is 0.727. The molecule has 0 aliphatic carbocycles. The van der Waals surface area contributed by atoms with Crippen LogP contribution in [0.5, 0.6) is 0 Å². The van der Waals surface area contributed by atoms with Gasteiger partial charge in [0.1, 0.15) is 13.1 Å². The second-order valence-corrected chi connectivity index (χ2v) is 4.72. The lowest BCUT2D eigenvalue weighted by atomic mass is 10.0. The number of nitrogens with one attached hydrogen (secondary N) is 1. The van der Waals surface area contributed by atoms with Crippen molar-refractivity contribution in [2.45, 2.75) is 31.6 Å². The Hall–Kier alpha value is -1.64. The van der Waals surface area contributed by atoms with Crippen LogP contribution in [-0.2, 0) is 11.3 Å². The van der Waals surface area contributed by atoms with Gasteiger partial charge in [-0.3, -0.25) is 4.79 Å². The van der Waals surface area contributed by atoms with E-state index in [1.807, 2.05) is 0 Å². The minimum absolute atomic E-state index is 0.222. The summed E-state index contributed by atoms with van der Waals surface area (Å²) >= 11 is 0. The molecule has 6 nitrogen and oxygen atoms in total. The van der Waals surface area contributed by atoms with Crippen LogP contribution in [0.1, 0.15) is 12.8 Å². The second kappa shape index (κ2) is 6.21. The van der Waals surface area contributed by atoms with Crippen LogP contribution in [0, 0.1) is 0 Å². The third-order valence-electron chi connectivity index (χ3n) is 3.19. The van der Waals surface area contributed by atoms with Gasteiger partial charge in [-0.05, 0) is 25.9 Å². The zero-order chi connectivity index (χ0) is 14.6. The number of nitrogens with zero attached hydrogens (tertiary/aromatic N) is 4. The van der Waals surface area contributed by atoms with E-state index in [2.05, 4.69) is 15.6 Å². The van der Waals surface area contributed by atoms with Gasteiger partial charge in [-0.15, -0.1) is 5.10 Å². The van der Waals surface area contributed by atoms with Crippen LogP contribution in [0.15, 0.2) is 12.4 Å². The fourth-order valence-electron chi connectivity index (χ4n) is 2.28. The number of halogens is 3. The van der Waals surface area contributed by atoms with Crippen molar-refractivity contribution in [1.82, 2.24) is 25.2 Å². The fourth-order valence-corrected chi connectivity index (χ4v) is 2.28. The predicted octanol–water partition coefficient (Wildman–Crippen LogP) is 0.421. The molecule has 1 aliphatic rings. The number of hydrogen-bond donors (Lipinski definition) is 1. The highest BCUT2D eigenvalue weighted by molar-refractivity contribution is 5.76. The molecule has 1 aromatic heterocycles. The summed E-state index contributed by atoms with van der Waals surface area (Å²) in [5.41, 5.74) is 0. The van der Waals surface area contributed by atoms with E-state index in [-0.39, 0.29) is 12.6 Å². The summed E-state index contributed by atoms with van der Waals surface area (Å²) in [7, 11) is 0. The summed E-state index contributed by atoms with van der Waals surface area (Å²) in [6.45, 7) is -0.198. The highest BCUT2D eigenvalue weighted by Crippen LogP contribution is 2.21. The summed E-state index contributed by atoms with van der Waals surface area (Å²) in [4.78, 5) is 13.0. The van der Waals surface area contributed by atoms with Crippen molar-refractivity contribution in [3.8, 4) is 0 Å². The van der Waals surface area contributed by atoms with Crippen LogP contribution in [-0.4, -0.2) is 57.7 Å². The van der Waals surface area contributed by atoms with Crippen molar-refractivity contribution in [2.24, 2.45) is 0 Å². The van der Waals surface area contributed by atoms with Gasteiger partial charge < -0.3 is 10.2 Å². The molecule has 0 unspecified atom stereocenters. The molecule has 1 saturated heterocycles. The topological polar surface area (TPSA) is 63.1 Å². The molecule has 0 saturated carbocycles. The quantitative estimate of drug-likeness (QED) is 0.873. The molecule has 0 atom stereocenters. The molecule has 1 aliphatic heterocycles. The minimum atomic E-state index is -4.40. The summed E-state index contributed by atoms with van der Waals surface area (Å²) in [6, 6.07) is -0.381. The van der Waals surface area contributed by atoms with Gasteiger partial charge in [0.25, 0.3) is 0 Å². The van der Waals surface area contributed by atoms with E-state index in [0.29, 0.717) is 25.9 Å². The van der Waals surface area contributed by atoms with Crippen molar-refractivity contribution in [3.63, 3.8) is 0 Å². The molecule has 0 spiro atoms. The smallest absolute Gasteiger partial charge is 0.329 e. The Morgan fingerprint density at radius 3 is 2.65 bits per heavy atom. The predicted molar refractivity (Wildman–Crippen MR) is 63.7 cm³/mol. The van der Waals surface area contributed by atoms with Crippen LogP contribution in [0.3, 0.4) is 0 Å². The monoisotopic (exact) mass is 291 g/mol. The van der Waals surface area contributed by atoms with Crippen LogP contribution in [0.2, 0.25) is 0 Å². The van der Waals surface area contributed by atoms with Gasteiger partial charge in [0, 0.05) is 12.2 Å². The number of hydrogen-bond acceptors (Lipinski definition) is 4. The SMILES string of the molecule is O=C(Cn1ccnn1)N(CC(F)(F)F)C1CCNCC1. The Balaban J connectivity index is 2.06.